The van der Waals surface area contributed by atoms with Crippen LogP contribution in [0.25, 0.3) is 0 Å². The number of benzene rings is 3. The first-order valence-corrected chi connectivity index (χ1v) is 16.1. The van der Waals surface area contributed by atoms with Crippen LogP contribution in [0.3, 0.4) is 0 Å². The number of sulfonamides is 1. The average Bonchev–Trinajstić information content (AvgIpc) is 3.42. The highest BCUT2D eigenvalue weighted by atomic mass is 32.2. The van der Waals surface area contributed by atoms with Crippen molar-refractivity contribution in [2.45, 2.75) is 55.9 Å². The molecule has 2 heterocycles. The summed E-state index contributed by atoms with van der Waals surface area (Å²) >= 11 is 0. The zero-order valence-electron chi connectivity index (χ0n) is 25.3. The van der Waals surface area contributed by atoms with Crippen LogP contribution >= 0.6 is 0 Å². The number of carbonyl (C=O) groups excluding carboxylic acids is 3. The molecule has 0 spiro atoms. The number of amides is 2. The van der Waals surface area contributed by atoms with Gasteiger partial charge in [0.25, 0.3) is 5.91 Å². The summed E-state index contributed by atoms with van der Waals surface area (Å²) in [7, 11) is -4.19. The number of hydrogen-bond donors (Lipinski definition) is 1. The van der Waals surface area contributed by atoms with Crippen LogP contribution in [-0.4, -0.2) is 80.9 Å². The second-order valence-corrected chi connectivity index (χ2v) is 13.2. The molecule has 2 fully saturated rings. The van der Waals surface area contributed by atoms with E-state index in [1.165, 1.54) is 11.8 Å². The molecule has 2 saturated heterocycles. The molecule has 5 rings (SSSR count). The third-order valence-electron chi connectivity index (χ3n) is 7.71. The third kappa shape index (κ3) is 8.28. The van der Waals surface area contributed by atoms with Gasteiger partial charge in [0.15, 0.2) is 11.9 Å². The van der Waals surface area contributed by atoms with E-state index in [0.29, 0.717) is 11.3 Å². The third-order valence-corrected chi connectivity index (χ3v) is 9.56. The Morgan fingerprint density at radius 3 is 2.26 bits per heavy atom. The van der Waals surface area contributed by atoms with Crippen molar-refractivity contribution in [3.63, 3.8) is 0 Å². The van der Waals surface area contributed by atoms with Crippen LogP contribution < -0.4 is 15.0 Å². The van der Waals surface area contributed by atoms with Gasteiger partial charge in [-0.1, -0.05) is 30.3 Å². The number of ketones is 1. The van der Waals surface area contributed by atoms with Crippen molar-refractivity contribution in [2.75, 3.05) is 24.5 Å². The Morgan fingerprint density at radius 2 is 1.64 bits per heavy atom. The Morgan fingerprint density at radius 1 is 0.979 bits per heavy atom. The van der Waals surface area contributed by atoms with Gasteiger partial charge in [0.05, 0.1) is 29.7 Å². The van der Waals surface area contributed by atoms with Gasteiger partial charge in [-0.15, -0.1) is 13.2 Å². The number of halogens is 3. The number of cyclic esters (lactones) is 1. The second kappa shape index (κ2) is 13.7. The quantitative estimate of drug-likeness (QED) is 0.315. The molecule has 0 radical (unpaired) electrons. The van der Waals surface area contributed by atoms with Gasteiger partial charge in [0.2, 0.25) is 10.0 Å². The van der Waals surface area contributed by atoms with Crippen molar-refractivity contribution in [1.82, 2.24) is 9.62 Å². The Bertz CT molecular complexity index is 1700. The first-order valence-electron chi connectivity index (χ1n) is 14.6. The standard InChI is InChI=1S/C32H32F3N3O8S/c1-20-17-37(47(42,43)26-14-12-25(13-15-26)46-32(33,34)35)18-28(44-20)27(16-22-6-4-3-5-7-22)36-30(40)29-19-38(31(41)45-29)24-10-8-23(9-11-24)21(2)39/h3-15,20,27-29H,16-19H2,1-2H3,(H,36,40)/t20?,27-,28+,29-/m0/s1. The predicted molar refractivity (Wildman–Crippen MR) is 162 cm³/mol. The minimum absolute atomic E-state index is 0.0384. The lowest BCUT2D eigenvalue weighted by Gasteiger charge is -2.40. The fraction of sp³-hybridized carbons (Fsp3) is 0.344. The highest BCUT2D eigenvalue weighted by Crippen LogP contribution is 2.28. The number of morpholine rings is 1. The number of hydrogen-bond acceptors (Lipinski definition) is 8. The number of carbonyl (C=O) groups is 3. The zero-order chi connectivity index (χ0) is 33.9. The van der Waals surface area contributed by atoms with Gasteiger partial charge in [-0.25, -0.2) is 13.2 Å². The number of rotatable bonds is 10. The summed E-state index contributed by atoms with van der Waals surface area (Å²) in [5.41, 5.74) is 1.73. The van der Waals surface area contributed by atoms with Gasteiger partial charge >= 0.3 is 12.5 Å². The summed E-state index contributed by atoms with van der Waals surface area (Å²) in [6, 6.07) is 18.6. The normalized spacial score (nSPS) is 21.2. The molecule has 1 unspecified atom stereocenters. The molecule has 250 valence electrons. The van der Waals surface area contributed by atoms with Crippen molar-refractivity contribution in [2.24, 2.45) is 0 Å². The van der Waals surface area contributed by atoms with Gasteiger partial charge in [-0.2, -0.15) is 4.31 Å². The van der Waals surface area contributed by atoms with Crippen molar-refractivity contribution in [1.29, 1.82) is 0 Å². The SMILES string of the molecule is CC(=O)c1ccc(N2C[C@@H](C(=O)N[C@@H](Cc3ccccc3)[C@H]3CN(S(=O)(=O)c4ccc(OC(F)(F)F)cc4)CC(C)O3)OC2=O)cc1. The van der Waals surface area contributed by atoms with E-state index in [-0.39, 0.29) is 36.7 Å². The summed E-state index contributed by atoms with van der Waals surface area (Å²) in [4.78, 5) is 38.9. The van der Waals surface area contributed by atoms with Crippen LogP contribution in [0, 0.1) is 0 Å². The number of Topliss-reactive ketones (excluding diaryl/α,β-unsaturated/α-hetero) is 1. The van der Waals surface area contributed by atoms with E-state index in [1.807, 2.05) is 30.3 Å². The number of nitrogens with zero attached hydrogens (tertiary/aromatic N) is 2. The molecular formula is C32H32F3N3O8S. The predicted octanol–water partition coefficient (Wildman–Crippen LogP) is 4.32. The van der Waals surface area contributed by atoms with E-state index < -0.39 is 58.5 Å². The van der Waals surface area contributed by atoms with Gasteiger partial charge < -0.3 is 19.5 Å². The van der Waals surface area contributed by atoms with Crippen molar-refractivity contribution < 1.29 is 50.2 Å². The Kier molecular flexibility index (Phi) is 9.89. The maximum atomic E-state index is 13.6. The van der Waals surface area contributed by atoms with E-state index in [1.54, 1.807) is 31.2 Å². The Hall–Kier alpha value is -4.47. The Labute approximate surface area is 269 Å². The van der Waals surface area contributed by atoms with Gasteiger partial charge in [-0.05, 0) is 74.4 Å². The van der Waals surface area contributed by atoms with Crippen LogP contribution in [-0.2, 0) is 30.7 Å². The molecule has 2 amide bonds. The molecule has 1 N–H and O–H groups in total. The molecule has 3 aromatic rings. The minimum atomic E-state index is -4.93. The molecular weight excluding hydrogens is 643 g/mol. The summed E-state index contributed by atoms with van der Waals surface area (Å²) in [5.74, 6) is -1.31. The molecule has 4 atom stereocenters. The van der Waals surface area contributed by atoms with Gasteiger partial charge in [-0.3, -0.25) is 14.5 Å². The molecule has 2 aliphatic heterocycles. The fourth-order valence-electron chi connectivity index (χ4n) is 5.43. The summed E-state index contributed by atoms with van der Waals surface area (Å²) in [6.07, 6.45) is -8.07. The lowest BCUT2D eigenvalue weighted by molar-refractivity contribution is -0.274. The average molecular weight is 676 g/mol. The monoisotopic (exact) mass is 675 g/mol. The second-order valence-electron chi connectivity index (χ2n) is 11.2. The summed E-state index contributed by atoms with van der Waals surface area (Å²) in [5, 5.41) is 2.90. The van der Waals surface area contributed by atoms with Gasteiger partial charge in [0, 0.05) is 24.3 Å². The summed E-state index contributed by atoms with van der Waals surface area (Å²) in [6.45, 7) is 2.78. The van der Waals surface area contributed by atoms with Crippen LogP contribution in [0.1, 0.15) is 29.8 Å². The maximum Gasteiger partial charge on any atom is 0.573 e. The summed E-state index contributed by atoms with van der Waals surface area (Å²) < 4.78 is 81.5. The zero-order valence-corrected chi connectivity index (χ0v) is 26.2. The van der Waals surface area contributed by atoms with E-state index in [2.05, 4.69) is 10.1 Å². The van der Waals surface area contributed by atoms with Crippen molar-refractivity contribution in [3.05, 3.63) is 90.0 Å². The van der Waals surface area contributed by atoms with Crippen LogP contribution in [0.5, 0.6) is 5.75 Å². The number of ether oxygens (including phenoxy) is 3. The molecule has 15 heteroatoms. The van der Waals surface area contributed by atoms with Crippen molar-refractivity contribution in [3.8, 4) is 5.75 Å². The lowest BCUT2D eigenvalue weighted by Crippen LogP contribution is -2.58. The number of nitrogens with one attached hydrogen (secondary N) is 1. The first kappa shape index (κ1) is 33.9. The van der Waals surface area contributed by atoms with E-state index in [4.69, 9.17) is 9.47 Å². The first-order chi connectivity index (χ1) is 22.2. The van der Waals surface area contributed by atoms with Crippen LogP contribution in [0.15, 0.2) is 83.8 Å². The maximum absolute atomic E-state index is 13.6. The van der Waals surface area contributed by atoms with Gasteiger partial charge in [0.1, 0.15) is 5.75 Å². The highest BCUT2D eigenvalue weighted by Gasteiger charge is 2.42. The van der Waals surface area contributed by atoms with E-state index in [9.17, 15) is 36.0 Å². The molecule has 0 bridgehead atoms. The molecule has 0 aliphatic carbocycles. The topological polar surface area (TPSA) is 132 Å². The Balaban J connectivity index is 1.33. The van der Waals surface area contributed by atoms with Crippen molar-refractivity contribution >= 4 is 33.5 Å². The fourth-order valence-corrected chi connectivity index (χ4v) is 6.96. The minimum Gasteiger partial charge on any atom is -0.434 e. The molecule has 0 saturated carbocycles. The van der Waals surface area contributed by atoms with Crippen LogP contribution in [0.4, 0.5) is 23.7 Å². The molecule has 0 aromatic heterocycles. The molecule has 3 aromatic carbocycles. The number of anilines is 1. The lowest BCUT2D eigenvalue weighted by atomic mass is 9.99. The molecule has 11 nitrogen and oxygen atoms in total. The highest BCUT2D eigenvalue weighted by molar-refractivity contribution is 7.89. The van der Waals surface area contributed by atoms with E-state index in [0.717, 1.165) is 34.1 Å². The molecule has 2 aliphatic rings. The largest absolute Gasteiger partial charge is 0.573 e. The smallest absolute Gasteiger partial charge is 0.434 e. The molecule has 47 heavy (non-hydrogen) atoms. The number of alkyl halides is 3. The van der Waals surface area contributed by atoms with E-state index >= 15 is 0 Å². The van der Waals surface area contributed by atoms with Crippen LogP contribution in [0.2, 0.25) is 0 Å².